The highest BCUT2D eigenvalue weighted by Crippen LogP contribution is 2.05. The Bertz CT molecular complexity index is 679. The Balaban J connectivity index is 2.31. The fourth-order valence-electron chi connectivity index (χ4n) is 1.82. The van der Waals surface area contributed by atoms with Crippen molar-refractivity contribution in [2.45, 2.75) is 33.2 Å². The van der Waals surface area contributed by atoms with Crippen LogP contribution in [0.2, 0.25) is 0 Å². The molecule has 20 heavy (non-hydrogen) atoms. The lowest BCUT2D eigenvalue weighted by Gasteiger charge is -2.09. The molecule has 1 atom stereocenters. The van der Waals surface area contributed by atoms with E-state index in [2.05, 4.69) is 20.4 Å². The van der Waals surface area contributed by atoms with Gasteiger partial charge in [0.15, 0.2) is 0 Å². The number of carbonyl (C=O) groups is 2. The van der Waals surface area contributed by atoms with E-state index in [1.54, 1.807) is 6.92 Å². The zero-order valence-electron chi connectivity index (χ0n) is 11.4. The summed E-state index contributed by atoms with van der Waals surface area (Å²) in [6, 6.07) is 0.861. The molecule has 2 aromatic rings. The van der Waals surface area contributed by atoms with Crippen LogP contribution in [0, 0.1) is 13.8 Å². The predicted molar refractivity (Wildman–Crippen MR) is 69.4 cm³/mol. The van der Waals surface area contributed by atoms with Crippen molar-refractivity contribution in [3.8, 4) is 0 Å². The molecule has 0 saturated heterocycles. The maximum atomic E-state index is 11.9. The van der Waals surface area contributed by atoms with Gasteiger partial charge < -0.3 is 10.4 Å². The predicted octanol–water partition coefficient (Wildman–Crippen LogP) is 0.334. The summed E-state index contributed by atoms with van der Waals surface area (Å²) in [6.07, 6.45) is 0.283. The zero-order chi connectivity index (χ0) is 14.9. The largest absolute Gasteiger partial charge is 0.480 e. The van der Waals surface area contributed by atoms with Gasteiger partial charge in [0.25, 0.3) is 11.7 Å². The minimum Gasteiger partial charge on any atom is -0.480 e. The lowest BCUT2D eigenvalue weighted by atomic mass is 10.2. The van der Waals surface area contributed by atoms with Gasteiger partial charge in [-0.1, -0.05) is 6.92 Å². The van der Waals surface area contributed by atoms with Crippen molar-refractivity contribution in [1.82, 2.24) is 24.9 Å². The Morgan fingerprint density at radius 3 is 2.70 bits per heavy atom. The Hall–Kier alpha value is -2.51. The summed E-state index contributed by atoms with van der Waals surface area (Å²) in [7, 11) is 0. The van der Waals surface area contributed by atoms with E-state index in [-0.39, 0.29) is 12.2 Å². The van der Waals surface area contributed by atoms with Crippen molar-refractivity contribution >= 4 is 17.7 Å². The third-order valence-corrected chi connectivity index (χ3v) is 2.83. The maximum absolute atomic E-state index is 11.9. The first kappa shape index (κ1) is 13.9. The van der Waals surface area contributed by atoms with E-state index in [0.717, 1.165) is 11.4 Å². The molecular formula is C12H15N5O3. The summed E-state index contributed by atoms with van der Waals surface area (Å²) in [6.45, 7) is 5.31. The molecule has 0 spiro atoms. The molecule has 2 heterocycles. The number of aryl methyl sites for hydroxylation is 2. The molecule has 0 fully saturated rings. The Morgan fingerprint density at radius 2 is 2.10 bits per heavy atom. The quantitative estimate of drug-likeness (QED) is 0.833. The molecule has 1 amide bonds. The van der Waals surface area contributed by atoms with Crippen LogP contribution in [0.15, 0.2) is 6.07 Å². The van der Waals surface area contributed by atoms with Gasteiger partial charge in [-0.25, -0.2) is 14.3 Å². The summed E-state index contributed by atoms with van der Waals surface area (Å²) in [5.41, 5.74) is 1.57. The van der Waals surface area contributed by atoms with Gasteiger partial charge in [0.2, 0.25) is 5.82 Å². The van der Waals surface area contributed by atoms with E-state index in [9.17, 15) is 9.59 Å². The summed E-state index contributed by atoms with van der Waals surface area (Å²) in [5, 5.41) is 15.3. The van der Waals surface area contributed by atoms with Gasteiger partial charge in [-0.15, -0.1) is 5.10 Å². The zero-order valence-corrected chi connectivity index (χ0v) is 11.4. The Labute approximate surface area is 114 Å². The molecule has 8 heteroatoms. The number of aromatic nitrogens is 4. The minimum absolute atomic E-state index is 0.0918. The number of rotatable bonds is 4. The number of nitrogens with zero attached hydrogens (tertiary/aromatic N) is 4. The Kier molecular flexibility index (Phi) is 3.64. The van der Waals surface area contributed by atoms with E-state index in [4.69, 9.17) is 5.11 Å². The second-order valence-electron chi connectivity index (χ2n) is 4.46. The van der Waals surface area contributed by atoms with Crippen LogP contribution in [0.5, 0.6) is 0 Å². The van der Waals surface area contributed by atoms with Crippen LogP contribution in [0.4, 0.5) is 0 Å². The SMILES string of the molecule is CCC(NC(=O)c1nc2nc(C)cc(C)n2n1)C(=O)O. The van der Waals surface area contributed by atoms with Gasteiger partial charge >= 0.3 is 5.97 Å². The minimum atomic E-state index is -1.09. The van der Waals surface area contributed by atoms with Gasteiger partial charge in [-0.3, -0.25) is 4.79 Å². The first-order valence-corrected chi connectivity index (χ1v) is 6.17. The first-order valence-electron chi connectivity index (χ1n) is 6.17. The smallest absolute Gasteiger partial charge is 0.326 e. The second-order valence-corrected chi connectivity index (χ2v) is 4.46. The van der Waals surface area contributed by atoms with E-state index >= 15 is 0 Å². The highest BCUT2D eigenvalue weighted by Gasteiger charge is 2.21. The lowest BCUT2D eigenvalue weighted by molar-refractivity contribution is -0.139. The standard InChI is InChI=1S/C12H15N5O3/c1-4-8(11(19)20)14-10(18)9-15-12-13-6(2)5-7(3)17(12)16-9/h5,8H,4H2,1-3H3,(H,14,18)(H,19,20). The number of carboxylic acids is 1. The molecule has 0 aliphatic carbocycles. The molecule has 0 radical (unpaired) electrons. The topological polar surface area (TPSA) is 109 Å². The van der Waals surface area contributed by atoms with E-state index in [0.29, 0.717) is 5.78 Å². The van der Waals surface area contributed by atoms with Gasteiger partial charge in [0, 0.05) is 11.4 Å². The third-order valence-electron chi connectivity index (χ3n) is 2.83. The van der Waals surface area contributed by atoms with Crippen molar-refractivity contribution < 1.29 is 14.7 Å². The number of hydrogen-bond acceptors (Lipinski definition) is 5. The summed E-state index contributed by atoms with van der Waals surface area (Å²) in [5.74, 6) is -1.49. The summed E-state index contributed by atoms with van der Waals surface area (Å²) in [4.78, 5) is 31.0. The molecule has 2 aromatic heterocycles. The van der Waals surface area contributed by atoms with Crippen LogP contribution >= 0.6 is 0 Å². The lowest BCUT2D eigenvalue weighted by Crippen LogP contribution is -2.40. The van der Waals surface area contributed by atoms with Gasteiger partial charge in [0.05, 0.1) is 0 Å². The van der Waals surface area contributed by atoms with Crippen LogP contribution in [0.1, 0.15) is 35.4 Å². The summed E-state index contributed by atoms with van der Waals surface area (Å²) < 4.78 is 1.45. The van der Waals surface area contributed by atoms with Crippen molar-refractivity contribution in [3.63, 3.8) is 0 Å². The number of amides is 1. The molecule has 2 rings (SSSR count). The average molecular weight is 277 g/mol. The molecule has 0 bridgehead atoms. The van der Waals surface area contributed by atoms with Crippen LogP contribution in [0.3, 0.4) is 0 Å². The second kappa shape index (κ2) is 5.24. The van der Waals surface area contributed by atoms with E-state index in [1.165, 1.54) is 4.52 Å². The molecule has 106 valence electrons. The number of nitrogens with one attached hydrogen (secondary N) is 1. The normalized spacial score (nSPS) is 12.3. The van der Waals surface area contributed by atoms with Gasteiger partial charge in [-0.05, 0) is 26.3 Å². The molecule has 8 nitrogen and oxygen atoms in total. The molecular weight excluding hydrogens is 262 g/mol. The number of carboxylic acid groups (broad SMARTS) is 1. The summed E-state index contributed by atoms with van der Waals surface area (Å²) >= 11 is 0. The van der Waals surface area contributed by atoms with Crippen molar-refractivity contribution in [1.29, 1.82) is 0 Å². The van der Waals surface area contributed by atoms with Crippen LogP contribution in [0.25, 0.3) is 5.78 Å². The average Bonchev–Trinajstić information content (AvgIpc) is 2.79. The number of aliphatic carboxylic acids is 1. The fourth-order valence-corrected chi connectivity index (χ4v) is 1.82. The number of hydrogen-bond donors (Lipinski definition) is 2. The molecule has 0 aliphatic heterocycles. The van der Waals surface area contributed by atoms with Crippen LogP contribution < -0.4 is 5.32 Å². The van der Waals surface area contributed by atoms with Crippen molar-refractivity contribution in [2.24, 2.45) is 0 Å². The van der Waals surface area contributed by atoms with E-state index in [1.807, 2.05) is 19.9 Å². The van der Waals surface area contributed by atoms with Gasteiger partial charge in [0.1, 0.15) is 6.04 Å². The van der Waals surface area contributed by atoms with Gasteiger partial charge in [-0.2, -0.15) is 4.98 Å². The van der Waals surface area contributed by atoms with Crippen molar-refractivity contribution in [3.05, 3.63) is 23.3 Å². The van der Waals surface area contributed by atoms with E-state index < -0.39 is 17.9 Å². The fraction of sp³-hybridized carbons (Fsp3) is 0.417. The van der Waals surface area contributed by atoms with Crippen molar-refractivity contribution in [2.75, 3.05) is 0 Å². The Morgan fingerprint density at radius 1 is 1.40 bits per heavy atom. The molecule has 1 unspecified atom stereocenters. The maximum Gasteiger partial charge on any atom is 0.326 e. The number of carbonyl (C=O) groups excluding carboxylic acids is 1. The highest BCUT2D eigenvalue weighted by molar-refractivity contribution is 5.93. The van der Waals surface area contributed by atoms with Crippen LogP contribution in [-0.4, -0.2) is 42.6 Å². The van der Waals surface area contributed by atoms with Crippen LogP contribution in [-0.2, 0) is 4.79 Å². The molecule has 0 aliphatic rings. The molecule has 0 saturated carbocycles. The monoisotopic (exact) mass is 277 g/mol. The molecule has 0 aromatic carbocycles. The number of fused-ring (bicyclic) bond motifs is 1. The third kappa shape index (κ3) is 2.58. The highest BCUT2D eigenvalue weighted by atomic mass is 16.4. The molecule has 2 N–H and O–H groups in total. The first-order chi connectivity index (χ1) is 9.42.